The molecule has 5 aromatic carbocycles. The lowest BCUT2D eigenvalue weighted by Gasteiger charge is -2.56. The highest BCUT2D eigenvalue weighted by Crippen LogP contribution is 2.65. The monoisotopic (exact) mass is 679 g/mol. The molecule has 7 heteroatoms. The van der Waals surface area contributed by atoms with Crippen molar-refractivity contribution in [3.8, 4) is 0 Å². The van der Waals surface area contributed by atoms with Crippen molar-refractivity contribution in [3.63, 3.8) is 0 Å². The highest BCUT2D eigenvalue weighted by atomic mass is 15.6. The Balaban J connectivity index is 1.29. The fourth-order valence-electron chi connectivity index (χ4n) is 10.1. The minimum Gasteiger partial charge on any atom is -0.302 e. The predicted molar refractivity (Wildman–Crippen MR) is 211 cm³/mol. The van der Waals surface area contributed by atoms with Crippen LogP contribution in [0.4, 0.5) is 34.4 Å². The van der Waals surface area contributed by atoms with Gasteiger partial charge in [0.05, 0.1) is 5.69 Å². The number of nitrogens with zero attached hydrogens (tertiary/aromatic N) is 7. The van der Waals surface area contributed by atoms with E-state index in [0.717, 1.165) is 59.4 Å². The van der Waals surface area contributed by atoms with Crippen LogP contribution in [0, 0.1) is 5.92 Å². The molecular weight excluding hydrogens is 639 g/mol. The Hall–Kier alpha value is -5.95. The predicted octanol–water partition coefficient (Wildman–Crippen LogP) is 9.98. The second-order valence-electron chi connectivity index (χ2n) is 14.3. The van der Waals surface area contributed by atoms with Crippen LogP contribution in [-0.2, 0) is 5.41 Å². The minimum atomic E-state index is -0.404. The lowest BCUT2D eigenvalue weighted by Crippen LogP contribution is -2.63. The van der Waals surface area contributed by atoms with E-state index in [0.29, 0.717) is 5.92 Å². The Labute approximate surface area is 305 Å². The van der Waals surface area contributed by atoms with E-state index >= 15 is 0 Å². The molecule has 5 unspecified atom stereocenters. The van der Waals surface area contributed by atoms with Gasteiger partial charge in [0.1, 0.15) is 12.3 Å². The molecule has 0 fully saturated rings. The van der Waals surface area contributed by atoms with E-state index in [-0.39, 0.29) is 18.2 Å². The molecule has 10 rings (SSSR count). The average Bonchev–Trinajstić information content (AvgIpc) is 3.75. The summed E-state index contributed by atoms with van der Waals surface area (Å²) in [5.41, 5.74) is 8.06. The molecular formula is C45H41N7. The first-order chi connectivity index (χ1) is 25.7. The van der Waals surface area contributed by atoms with Crippen LogP contribution in [0.1, 0.15) is 55.7 Å². The summed E-state index contributed by atoms with van der Waals surface area (Å²) in [6.45, 7) is 4.78. The summed E-state index contributed by atoms with van der Waals surface area (Å²) in [7, 11) is 0. The van der Waals surface area contributed by atoms with Crippen LogP contribution in [0.5, 0.6) is 0 Å². The molecule has 4 aliphatic rings. The maximum atomic E-state index is 5.54. The maximum Gasteiger partial charge on any atom is 0.178 e. The van der Waals surface area contributed by atoms with Crippen molar-refractivity contribution in [2.24, 2.45) is 11.0 Å². The van der Waals surface area contributed by atoms with Crippen molar-refractivity contribution < 1.29 is 0 Å². The van der Waals surface area contributed by atoms with Gasteiger partial charge in [0, 0.05) is 46.9 Å². The topological polar surface area (TPSA) is 51.1 Å². The number of rotatable bonds is 5. The highest BCUT2D eigenvalue weighted by molar-refractivity contribution is 6.13. The number of hydrogen-bond acceptors (Lipinski definition) is 7. The maximum absolute atomic E-state index is 5.54. The summed E-state index contributed by atoms with van der Waals surface area (Å²) in [6, 6.07) is 50.5. The molecule has 0 aliphatic carbocycles. The van der Waals surface area contributed by atoms with Gasteiger partial charge in [-0.1, -0.05) is 123 Å². The number of hydrogen-bond donors (Lipinski definition) is 0. The van der Waals surface area contributed by atoms with Gasteiger partial charge >= 0.3 is 0 Å². The number of aromatic nitrogens is 2. The SMILES string of the molecule is CCC1c2ccccc2N2c3nccnc3N(c3ccccc3)C2C2(CC3N(N=C(c4ccccc4)N3c3ccccc3)c3ccccc32)C1CC. The molecule has 0 radical (unpaired) electrons. The first-order valence-electron chi connectivity index (χ1n) is 18.6. The van der Waals surface area contributed by atoms with E-state index in [2.05, 4.69) is 173 Å². The molecule has 7 nitrogen and oxygen atoms in total. The third-order valence-corrected chi connectivity index (χ3v) is 12.0. The Bertz CT molecular complexity index is 2280. The van der Waals surface area contributed by atoms with E-state index < -0.39 is 5.41 Å². The number of anilines is 6. The number of hydrazone groups is 1. The van der Waals surface area contributed by atoms with Gasteiger partial charge in [0.15, 0.2) is 17.5 Å². The Morgan fingerprint density at radius 3 is 1.85 bits per heavy atom. The van der Waals surface area contributed by atoms with Gasteiger partial charge in [0.2, 0.25) is 0 Å². The highest BCUT2D eigenvalue weighted by Gasteiger charge is 2.64. The third kappa shape index (κ3) is 4.28. The molecule has 6 aromatic rings. The Morgan fingerprint density at radius 1 is 0.596 bits per heavy atom. The number of fused-ring (bicyclic) bond motifs is 10. The molecule has 0 saturated heterocycles. The fourth-order valence-corrected chi connectivity index (χ4v) is 10.1. The zero-order valence-corrected chi connectivity index (χ0v) is 29.5. The summed E-state index contributed by atoms with van der Waals surface area (Å²) in [6.07, 6.45) is 6.33. The Kier molecular flexibility index (Phi) is 7.17. The van der Waals surface area contributed by atoms with E-state index in [9.17, 15) is 0 Å². The van der Waals surface area contributed by atoms with Gasteiger partial charge in [-0.05, 0) is 65.8 Å². The van der Waals surface area contributed by atoms with Crippen molar-refractivity contribution in [1.82, 2.24) is 9.97 Å². The van der Waals surface area contributed by atoms with Crippen LogP contribution >= 0.6 is 0 Å². The molecule has 5 heterocycles. The lowest BCUT2D eigenvalue weighted by molar-refractivity contribution is 0.155. The zero-order chi connectivity index (χ0) is 34.8. The molecule has 0 N–H and O–H groups in total. The standard InChI is InChI=1S/C45H41N7/c1-3-34-35-24-14-16-26-38(35)51-43-42(46-28-29-47-43)50(33-22-12-7-13-23-33)44(51)45(36(34)4-2)30-40-49(32-20-10-6-11-21-32)41(31-18-8-5-9-19-31)48-52(40)39-27-17-15-25-37(39)45/h5-29,34,36,40,44H,3-4,30H2,1-2H3. The molecule has 1 spiro atoms. The number of para-hydroxylation sites is 4. The zero-order valence-electron chi connectivity index (χ0n) is 29.5. The van der Waals surface area contributed by atoms with Crippen molar-refractivity contribution in [2.45, 2.75) is 56.8 Å². The number of benzene rings is 5. The second kappa shape index (κ2) is 12.1. The molecule has 256 valence electrons. The second-order valence-corrected chi connectivity index (χ2v) is 14.3. The summed E-state index contributed by atoms with van der Waals surface area (Å²) in [5.74, 6) is 3.35. The molecule has 0 amide bonds. The third-order valence-electron chi connectivity index (χ3n) is 12.0. The van der Waals surface area contributed by atoms with Crippen LogP contribution in [0.25, 0.3) is 0 Å². The molecule has 4 aliphatic heterocycles. The summed E-state index contributed by atoms with van der Waals surface area (Å²) < 4.78 is 0. The van der Waals surface area contributed by atoms with Crippen molar-refractivity contribution >= 4 is 40.2 Å². The molecule has 0 saturated carbocycles. The van der Waals surface area contributed by atoms with Gasteiger partial charge in [-0.2, -0.15) is 5.10 Å². The largest absolute Gasteiger partial charge is 0.302 e. The Morgan fingerprint density at radius 2 is 1.17 bits per heavy atom. The van der Waals surface area contributed by atoms with Crippen molar-refractivity contribution in [3.05, 3.63) is 169 Å². The van der Waals surface area contributed by atoms with Crippen LogP contribution in [0.3, 0.4) is 0 Å². The molecule has 1 aromatic heterocycles. The lowest BCUT2D eigenvalue weighted by atomic mass is 9.57. The van der Waals surface area contributed by atoms with Gasteiger partial charge in [-0.15, -0.1) is 0 Å². The van der Waals surface area contributed by atoms with Crippen molar-refractivity contribution in [1.29, 1.82) is 0 Å². The van der Waals surface area contributed by atoms with Crippen LogP contribution in [0.2, 0.25) is 0 Å². The quantitative estimate of drug-likeness (QED) is 0.181. The van der Waals surface area contributed by atoms with E-state index in [4.69, 9.17) is 15.1 Å². The fraction of sp³-hybridized carbons (Fsp3) is 0.222. The van der Waals surface area contributed by atoms with Gasteiger partial charge in [-0.3, -0.25) is 0 Å². The van der Waals surface area contributed by atoms with E-state index in [1.807, 2.05) is 12.4 Å². The van der Waals surface area contributed by atoms with Crippen molar-refractivity contribution in [2.75, 3.05) is 19.7 Å². The molecule has 5 atom stereocenters. The first kappa shape index (κ1) is 30.8. The average molecular weight is 680 g/mol. The summed E-state index contributed by atoms with van der Waals surface area (Å²) >= 11 is 0. The van der Waals surface area contributed by atoms with Gasteiger partial charge in [-0.25, -0.2) is 15.0 Å². The number of amidine groups is 1. The molecule has 0 bridgehead atoms. The smallest absolute Gasteiger partial charge is 0.178 e. The summed E-state index contributed by atoms with van der Waals surface area (Å²) in [4.78, 5) is 17.8. The van der Waals surface area contributed by atoms with Gasteiger partial charge < -0.3 is 14.7 Å². The minimum absolute atomic E-state index is 0.0793. The molecule has 52 heavy (non-hydrogen) atoms. The van der Waals surface area contributed by atoms with E-state index in [1.165, 1.54) is 16.8 Å². The first-order valence-corrected chi connectivity index (χ1v) is 18.6. The van der Waals surface area contributed by atoms with Crippen LogP contribution < -0.4 is 19.7 Å². The van der Waals surface area contributed by atoms with E-state index in [1.54, 1.807) is 0 Å². The van der Waals surface area contributed by atoms with Gasteiger partial charge in [0.25, 0.3) is 0 Å². The van der Waals surface area contributed by atoms with Crippen LogP contribution in [-0.4, -0.2) is 28.1 Å². The summed E-state index contributed by atoms with van der Waals surface area (Å²) in [5, 5.41) is 7.85. The normalized spacial score (nSPS) is 24.1. The van der Waals surface area contributed by atoms with Crippen LogP contribution in [0.15, 0.2) is 157 Å².